The number of benzene rings is 1. The Bertz CT molecular complexity index is 768. The summed E-state index contributed by atoms with van der Waals surface area (Å²) in [6.45, 7) is 17.1. The fourth-order valence-electron chi connectivity index (χ4n) is 6.29. The Morgan fingerprint density at radius 3 is 0.955 bits per heavy atom. The average molecular weight is 638 g/mol. The highest BCUT2D eigenvalue weighted by Gasteiger charge is 2.25. The molecular weight excluding hydrogens is 563 g/mol. The second-order valence-corrected chi connectivity index (χ2v) is 15.0. The number of hydrogen-bond acceptors (Lipinski definition) is 3. The number of rotatable bonds is 29. The number of hydrogen-bond donors (Lipinski definition) is 0. The van der Waals surface area contributed by atoms with E-state index in [0.717, 1.165) is 5.56 Å². The molecule has 0 heterocycles. The van der Waals surface area contributed by atoms with E-state index in [4.69, 9.17) is 0 Å². The molecule has 260 valence electrons. The predicted octanol–water partition coefficient (Wildman–Crippen LogP) is 12.1. The minimum Gasteiger partial charge on any atom is -0.744 e. The normalized spacial score (nSPS) is 11.9. The molecule has 0 aliphatic carbocycles. The summed E-state index contributed by atoms with van der Waals surface area (Å²) in [6.07, 6.45) is 34.8. The molecule has 44 heavy (non-hydrogen) atoms. The molecule has 0 atom stereocenters. The van der Waals surface area contributed by atoms with Gasteiger partial charge in [-0.2, -0.15) is 0 Å². The minimum absolute atomic E-state index is 0.178. The lowest BCUT2D eigenvalue weighted by Crippen LogP contribution is -2.50. The molecule has 4 nitrogen and oxygen atoms in total. The molecule has 0 aromatic heterocycles. The minimum atomic E-state index is -4.27. The van der Waals surface area contributed by atoms with E-state index in [0.29, 0.717) is 0 Å². The van der Waals surface area contributed by atoms with Crippen LogP contribution in [0, 0.1) is 6.92 Å². The van der Waals surface area contributed by atoms with Gasteiger partial charge in [-0.15, -0.1) is 0 Å². The Morgan fingerprint density at radius 2 is 0.705 bits per heavy atom. The van der Waals surface area contributed by atoms with Gasteiger partial charge in [-0.3, -0.25) is 0 Å². The summed E-state index contributed by atoms with van der Waals surface area (Å²) >= 11 is 0. The van der Waals surface area contributed by atoms with Crippen molar-refractivity contribution in [3.05, 3.63) is 29.8 Å². The van der Waals surface area contributed by atoms with Gasteiger partial charge in [-0.05, 0) is 70.4 Å². The van der Waals surface area contributed by atoms with Gasteiger partial charge in [0.15, 0.2) is 0 Å². The van der Waals surface area contributed by atoms with Crippen LogP contribution in [0.2, 0.25) is 0 Å². The van der Waals surface area contributed by atoms with E-state index < -0.39 is 10.1 Å². The highest BCUT2D eigenvalue weighted by Crippen LogP contribution is 2.21. The third-order valence-corrected chi connectivity index (χ3v) is 10.1. The van der Waals surface area contributed by atoms with Crippen molar-refractivity contribution in [3.63, 3.8) is 0 Å². The summed E-state index contributed by atoms with van der Waals surface area (Å²) in [5.41, 5.74) is 0.928. The first kappa shape index (κ1) is 43.1. The van der Waals surface area contributed by atoms with Gasteiger partial charge in [0, 0.05) is 0 Å². The average Bonchev–Trinajstić information content (AvgIpc) is 3.00. The van der Waals surface area contributed by atoms with Crippen molar-refractivity contribution in [2.45, 2.75) is 194 Å². The molecule has 1 aromatic carbocycles. The van der Waals surface area contributed by atoms with E-state index in [-0.39, 0.29) is 4.90 Å². The zero-order valence-corrected chi connectivity index (χ0v) is 31.0. The third kappa shape index (κ3) is 25.3. The molecule has 5 heteroatoms. The lowest BCUT2D eigenvalue weighted by molar-refractivity contribution is -0.929. The zero-order chi connectivity index (χ0) is 32.8. The van der Waals surface area contributed by atoms with Gasteiger partial charge in [-0.25, -0.2) is 8.42 Å². The monoisotopic (exact) mass is 638 g/mol. The molecular formula is C39H75NO3S. The molecule has 0 N–H and O–H groups in total. The number of quaternary nitrogens is 1. The van der Waals surface area contributed by atoms with Crippen molar-refractivity contribution in [1.82, 2.24) is 0 Å². The first-order valence-corrected chi connectivity index (χ1v) is 20.5. The van der Waals surface area contributed by atoms with Crippen LogP contribution in [0.5, 0.6) is 0 Å². The Balaban J connectivity index is 0.00000139. The summed E-state index contributed by atoms with van der Waals surface area (Å²) in [5.74, 6) is 0. The largest absolute Gasteiger partial charge is 0.744 e. The quantitative estimate of drug-likeness (QED) is 0.0499. The predicted molar refractivity (Wildman–Crippen MR) is 192 cm³/mol. The number of unbranched alkanes of at least 4 members (excludes halogenated alkanes) is 20. The molecule has 0 spiro atoms. The zero-order valence-electron chi connectivity index (χ0n) is 30.2. The third-order valence-electron chi connectivity index (χ3n) is 9.25. The fourth-order valence-corrected chi connectivity index (χ4v) is 6.76. The van der Waals surface area contributed by atoms with Crippen molar-refractivity contribution in [3.8, 4) is 0 Å². The highest BCUT2D eigenvalue weighted by molar-refractivity contribution is 7.85. The molecule has 0 bridgehead atoms. The van der Waals surface area contributed by atoms with Crippen LogP contribution in [0.15, 0.2) is 29.2 Å². The van der Waals surface area contributed by atoms with E-state index in [9.17, 15) is 13.0 Å². The lowest BCUT2D eigenvalue weighted by atomic mass is 10.0. The molecule has 0 aliphatic rings. The summed E-state index contributed by atoms with van der Waals surface area (Å²) in [4.78, 5) is -0.178. The van der Waals surface area contributed by atoms with Gasteiger partial charge in [0.25, 0.3) is 0 Å². The summed E-state index contributed by atoms with van der Waals surface area (Å²) in [6, 6.07) is 5.78. The van der Waals surface area contributed by atoms with E-state index in [1.807, 2.05) is 6.92 Å². The van der Waals surface area contributed by atoms with Gasteiger partial charge in [-0.1, -0.05) is 148 Å². The molecule has 0 amide bonds. The maximum absolute atomic E-state index is 10.4. The Morgan fingerprint density at radius 1 is 0.455 bits per heavy atom. The number of nitrogens with zero attached hydrogens (tertiary/aromatic N) is 1. The van der Waals surface area contributed by atoms with Gasteiger partial charge < -0.3 is 9.04 Å². The Hall–Kier alpha value is -0.910. The molecule has 0 saturated heterocycles. The van der Waals surface area contributed by atoms with Gasteiger partial charge in [0.1, 0.15) is 10.1 Å². The van der Waals surface area contributed by atoms with Gasteiger partial charge in [0.2, 0.25) is 0 Å². The Labute approximate surface area is 276 Å². The fraction of sp³-hybridized carbons (Fsp3) is 0.846. The van der Waals surface area contributed by atoms with Crippen molar-refractivity contribution in [1.29, 1.82) is 0 Å². The van der Waals surface area contributed by atoms with Crippen LogP contribution in [0.3, 0.4) is 0 Å². The Kier molecular flexibility index (Phi) is 28.9. The lowest BCUT2D eigenvalue weighted by Gasteiger charge is -2.40. The maximum atomic E-state index is 10.4. The second-order valence-electron chi connectivity index (χ2n) is 13.6. The van der Waals surface area contributed by atoms with Crippen molar-refractivity contribution in [2.75, 3.05) is 26.2 Å². The summed E-state index contributed by atoms with van der Waals surface area (Å²) in [5, 5.41) is 0. The maximum Gasteiger partial charge on any atom is 0.124 e. The molecule has 0 radical (unpaired) electrons. The second kappa shape index (κ2) is 29.5. The molecule has 0 fully saturated rings. The smallest absolute Gasteiger partial charge is 0.124 e. The van der Waals surface area contributed by atoms with E-state index >= 15 is 0 Å². The molecule has 0 unspecified atom stereocenters. The van der Waals surface area contributed by atoms with E-state index in [2.05, 4.69) is 27.7 Å². The summed E-state index contributed by atoms with van der Waals surface area (Å²) in [7, 11) is -4.27. The highest BCUT2D eigenvalue weighted by atomic mass is 32.2. The SMILES string of the molecule is CCCCCCCC[N+](CCCCCCCC)(CCCCCCCC)CCCCCCCC.Cc1ccc(S(=O)(=O)[O-])cc1. The molecule has 0 saturated carbocycles. The van der Waals surface area contributed by atoms with Crippen LogP contribution >= 0.6 is 0 Å². The molecule has 1 rings (SSSR count). The molecule has 1 aromatic rings. The molecule has 0 aliphatic heterocycles. The van der Waals surface area contributed by atoms with Crippen molar-refractivity contribution >= 4 is 10.1 Å². The summed E-state index contributed by atoms with van der Waals surface area (Å²) < 4.78 is 32.6. The van der Waals surface area contributed by atoms with Crippen LogP contribution in [0.25, 0.3) is 0 Å². The van der Waals surface area contributed by atoms with Gasteiger partial charge >= 0.3 is 0 Å². The first-order chi connectivity index (χ1) is 21.2. The van der Waals surface area contributed by atoms with Crippen LogP contribution in [-0.4, -0.2) is 43.6 Å². The van der Waals surface area contributed by atoms with Crippen LogP contribution in [0.1, 0.15) is 187 Å². The number of aryl methyl sites for hydroxylation is 1. The van der Waals surface area contributed by atoms with E-state index in [1.54, 1.807) is 12.1 Å². The first-order valence-electron chi connectivity index (χ1n) is 19.1. The van der Waals surface area contributed by atoms with Crippen LogP contribution in [0.4, 0.5) is 0 Å². The van der Waals surface area contributed by atoms with Crippen LogP contribution < -0.4 is 0 Å². The van der Waals surface area contributed by atoms with Crippen molar-refractivity contribution < 1.29 is 17.5 Å². The standard InChI is InChI=1S/C32H68N.C7H8O3S/c1-5-9-13-17-21-25-29-33(30-26-22-18-14-10-6-2,31-27-23-19-15-11-7-3)32-28-24-20-16-12-8-4;1-6-2-4-7(5-3-6)11(8,9)10/h5-32H2,1-4H3;2-5H,1H3,(H,8,9,10)/q+1;/p-1. The van der Waals surface area contributed by atoms with E-state index in [1.165, 1.54) is 197 Å². The van der Waals surface area contributed by atoms with Gasteiger partial charge in [0.05, 0.1) is 31.1 Å². The van der Waals surface area contributed by atoms with Crippen LogP contribution in [-0.2, 0) is 10.1 Å². The van der Waals surface area contributed by atoms with Crippen molar-refractivity contribution in [2.24, 2.45) is 0 Å². The topological polar surface area (TPSA) is 57.2 Å².